The van der Waals surface area contributed by atoms with Crippen LogP contribution in [0.15, 0.2) is 18.2 Å². The standard InChI is InChI=1S/C13H16ClNO3/c1-9-11(3-2-4-12(9)16)13(17)15-5-6-18-10(7-14)8-15/h2-4,10,16H,5-8H2,1H3. The predicted molar refractivity (Wildman–Crippen MR) is 69.2 cm³/mol. The molecule has 0 aromatic heterocycles. The van der Waals surface area contributed by atoms with Crippen LogP contribution in [0.25, 0.3) is 0 Å². The van der Waals surface area contributed by atoms with Gasteiger partial charge in [-0.15, -0.1) is 11.6 Å². The Hall–Kier alpha value is -1.26. The number of phenolic OH excluding ortho intramolecular Hbond substituents is 1. The van der Waals surface area contributed by atoms with Gasteiger partial charge < -0.3 is 14.7 Å². The molecule has 1 heterocycles. The molecule has 1 amide bonds. The van der Waals surface area contributed by atoms with Crippen LogP contribution < -0.4 is 0 Å². The normalized spacial score (nSPS) is 19.9. The summed E-state index contributed by atoms with van der Waals surface area (Å²) in [5.41, 5.74) is 1.14. The highest BCUT2D eigenvalue weighted by molar-refractivity contribution is 6.18. The number of hydrogen-bond donors (Lipinski definition) is 1. The number of halogens is 1. The van der Waals surface area contributed by atoms with E-state index in [9.17, 15) is 9.90 Å². The predicted octanol–water partition coefficient (Wildman–Crippen LogP) is 1.78. The van der Waals surface area contributed by atoms with Gasteiger partial charge in [0, 0.05) is 24.2 Å². The molecule has 1 aliphatic rings. The van der Waals surface area contributed by atoms with Crippen LogP contribution in [-0.2, 0) is 4.74 Å². The minimum atomic E-state index is -0.109. The van der Waals surface area contributed by atoms with Crippen molar-refractivity contribution in [2.75, 3.05) is 25.6 Å². The van der Waals surface area contributed by atoms with Gasteiger partial charge in [-0.2, -0.15) is 0 Å². The van der Waals surface area contributed by atoms with Gasteiger partial charge >= 0.3 is 0 Å². The van der Waals surface area contributed by atoms with Crippen LogP contribution in [0.5, 0.6) is 5.75 Å². The molecule has 1 N–H and O–H groups in total. The summed E-state index contributed by atoms with van der Waals surface area (Å²) < 4.78 is 5.42. The number of phenols is 1. The van der Waals surface area contributed by atoms with Crippen molar-refractivity contribution in [2.45, 2.75) is 13.0 Å². The molecule has 0 spiro atoms. The van der Waals surface area contributed by atoms with Gasteiger partial charge in [0.25, 0.3) is 5.91 Å². The number of ether oxygens (including phenoxy) is 1. The lowest BCUT2D eigenvalue weighted by molar-refractivity contribution is -0.0108. The molecule has 1 atom stereocenters. The van der Waals surface area contributed by atoms with Crippen LogP contribution in [0.3, 0.4) is 0 Å². The Morgan fingerprint density at radius 2 is 2.39 bits per heavy atom. The Bertz CT molecular complexity index is 450. The molecule has 1 aromatic carbocycles. The van der Waals surface area contributed by atoms with Crippen LogP contribution in [0.4, 0.5) is 0 Å². The van der Waals surface area contributed by atoms with Gasteiger partial charge in [0.15, 0.2) is 0 Å². The maximum Gasteiger partial charge on any atom is 0.254 e. The summed E-state index contributed by atoms with van der Waals surface area (Å²) in [6.07, 6.45) is -0.109. The minimum Gasteiger partial charge on any atom is -0.508 e. The summed E-state index contributed by atoms with van der Waals surface area (Å²) in [5, 5.41) is 9.63. The Morgan fingerprint density at radius 3 is 3.11 bits per heavy atom. The smallest absolute Gasteiger partial charge is 0.254 e. The molecular formula is C13H16ClNO3. The van der Waals surface area contributed by atoms with E-state index in [0.29, 0.717) is 36.7 Å². The van der Waals surface area contributed by atoms with E-state index in [1.165, 1.54) is 0 Å². The molecule has 98 valence electrons. The Labute approximate surface area is 111 Å². The Morgan fingerprint density at radius 1 is 1.61 bits per heavy atom. The molecular weight excluding hydrogens is 254 g/mol. The second-order valence-electron chi connectivity index (χ2n) is 4.35. The van der Waals surface area contributed by atoms with Gasteiger partial charge in [0.2, 0.25) is 0 Å². The lowest BCUT2D eigenvalue weighted by atomic mass is 10.1. The Balaban J connectivity index is 2.18. The van der Waals surface area contributed by atoms with E-state index in [0.717, 1.165) is 0 Å². The molecule has 2 rings (SSSR count). The van der Waals surface area contributed by atoms with Gasteiger partial charge in [0.1, 0.15) is 5.75 Å². The zero-order chi connectivity index (χ0) is 13.1. The van der Waals surface area contributed by atoms with Crippen molar-refractivity contribution < 1.29 is 14.6 Å². The molecule has 18 heavy (non-hydrogen) atoms. The summed E-state index contributed by atoms with van der Waals surface area (Å²) in [6, 6.07) is 4.98. The first-order valence-electron chi connectivity index (χ1n) is 5.89. The van der Waals surface area contributed by atoms with E-state index in [1.54, 1.807) is 30.0 Å². The van der Waals surface area contributed by atoms with Crippen molar-refractivity contribution >= 4 is 17.5 Å². The molecule has 1 saturated heterocycles. The number of aromatic hydroxyl groups is 1. The highest BCUT2D eigenvalue weighted by Crippen LogP contribution is 2.21. The van der Waals surface area contributed by atoms with E-state index in [4.69, 9.17) is 16.3 Å². The molecule has 0 bridgehead atoms. The molecule has 1 aromatic rings. The van der Waals surface area contributed by atoms with Gasteiger partial charge in [-0.3, -0.25) is 4.79 Å². The third-order valence-corrected chi connectivity index (χ3v) is 3.48. The first-order chi connectivity index (χ1) is 8.63. The fraction of sp³-hybridized carbons (Fsp3) is 0.462. The average molecular weight is 270 g/mol. The van der Waals surface area contributed by atoms with Gasteiger partial charge in [0.05, 0.1) is 18.6 Å². The zero-order valence-corrected chi connectivity index (χ0v) is 11.0. The average Bonchev–Trinajstić information content (AvgIpc) is 2.41. The van der Waals surface area contributed by atoms with Crippen LogP contribution in [-0.4, -0.2) is 47.6 Å². The summed E-state index contributed by atoms with van der Waals surface area (Å²) in [4.78, 5) is 14.1. The molecule has 1 aliphatic heterocycles. The van der Waals surface area contributed by atoms with Gasteiger partial charge in [-0.05, 0) is 19.1 Å². The third kappa shape index (κ3) is 2.60. The lowest BCUT2D eigenvalue weighted by Crippen LogP contribution is -2.46. The zero-order valence-electron chi connectivity index (χ0n) is 10.2. The number of carbonyl (C=O) groups excluding carboxylic acids is 1. The highest BCUT2D eigenvalue weighted by Gasteiger charge is 2.25. The van der Waals surface area contributed by atoms with Gasteiger partial charge in [-0.1, -0.05) is 6.07 Å². The van der Waals surface area contributed by atoms with Crippen molar-refractivity contribution in [1.82, 2.24) is 4.90 Å². The second-order valence-corrected chi connectivity index (χ2v) is 4.66. The van der Waals surface area contributed by atoms with E-state index in [1.807, 2.05) is 0 Å². The van der Waals surface area contributed by atoms with Crippen LogP contribution in [0, 0.1) is 6.92 Å². The first-order valence-corrected chi connectivity index (χ1v) is 6.42. The maximum absolute atomic E-state index is 12.4. The SMILES string of the molecule is Cc1c(O)cccc1C(=O)N1CCOC(CCl)C1. The summed E-state index contributed by atoms with van der Waals surface area (Å²) in [6.45, 7) is 3.29. The number of carbonyl (C=O) groups is 1. The molecule has 0 radical (unpaired) electrons. The van der Waals surface area contributed by atoms with Crippen molar-refractivity contribution in [1.29, 1.82) is 0 Å². The molecule has 0 aliphatic carbocycles. The fourth-order valence-corrected chi connectivity index (χ4v) is 2.21. The molecule has 0 saturated carbocycles. The van der Waals surface area contributed by atoms with Crippen molar-refractivity contribution in [2.24, 2.45) is 0 Å². The van der Waals surface area contributed by atoms with Crippen molar-refractivity contribution in [3.05, 3.63) is 29.3 Å². The third-order valence-electron chi connectivity index (χ3n) is 3.13. The van der Waals surface area contributed by atoms with Crippen molar-refractivity contribution in [3.8, 4) is 5.75 Å². The minimum absolute atomic E-state index is 0.0817. The first kappa shape index (κ1) is 13.2. The van der Waals surface area contributed by atoms with Crippen LogP contribution >= 0.6 is 11.6 Å². The number of amides is 1. The topological polar surface area (TPSA) is 49.8 Å². The van der Waals surface area contributed by atoms with Crippen LogP contribution in [0.2, 0.25) is 0 Å². The van der Waals surface area contributed by atoms with E-state index in [2.05, 4.69) is 0 Å². The van der Waals surface area contributed by atoms with Gasteiger partial charge in [-0.25, -0.2) is 0 Å². The van der Waals surface area contributed by atoms with E-state index >= 15 is 0 Å². The number of benzene rings is 1. The lowest BCUT2D eigenvalue weighted by Gasteiger charge is -2.32. The van der Waals surface area contributed by atoms with Crippen molar-refractivity contribution in [3.63, 3.8) is 0 Å². The summed E-state index contributed by atoms with van der Waals surface area (Å²) >= 11 is 5.75. The quantitative estimate of drug-likeness (QED) is 0.833. The monoisotopic (exact) mass is 269 g/mol. The molecule has 4 nitrogen and oxygen atoms in total. The maximum atomic E-state index is 12.4. The number of nitrogens with zero attached hydrogens (tertiary/aromatic N) is 1. The van der Waals surface area contributed by atoms with Crippen LogP contribution in [0.1, 0.15) is 15.9 Å². The number of alkyl halides is 1. The molecule has 1 unspecified atom stereocenters. The Kier molecular flexibility index (Phi) is 4.09. The largest absolute Gasteiger partial charge is 0.508 e. The van der Waals surface area contributed by atoms with E-state index in [-0.39, 0.29) is 17.8 Å². The summed E-state index contributed by atoms with van der Waals surface area (Å²) in [5.74, 6) is 0.438. The number of rotatable bonds is 2. The molecule has 1 fully saturated rings. The highest BCUT2D eigenvalue weighted by atomic mass is 35.5. The number of hydrogen-bond acceptors (Lipinski definition) is 3. The number of morpholine rings is 1. The second kappa shape index (κ2) is 5.59. The summed E-state index contributed by atoms with van der Waals surface area (Å²) in [7, 11) is 0. The fourth-order valence-electron chi connectivity index (χ4n) is 2.02. The van der Waals surface area contributed by atoms with E-state index < -0.39 is 0 Å². The molecule has 5 heteroatoms.